The maximum atomic E-state index is 13.3. The van der Waals surface area contributed by atoms with Gasteiger partial charge in [-0.15, -0.1) is 10.2 Å². The van der Waals surface area contributed by atoms with Gasteiger partial charge >= 0.3 is 6.18 Å². The molecule has 0 aliphatic rings. The number of halogens is 4. The van der Waals surface area contributed by atoms with E-state index in [0.717, 1.165) is 23.9 Å². The highest BCUT2D eigenvalue weighted by Crippen LogP contribution is 2.36. The molecule has 1 N–H and O–H groups in total. The Morgan fingerprint density at radius 1 is 1.11 bits per heavy atom. The van der Waals surface area contributed by atoms with Gasteiger partial charge in [0.2, 0.25) is 5.91 Å². The zero-order chi connectivity index (χ0) is 25.8. The van der Waals surface area contributed by atoms with Gasteiger partial charge in [0.25, 0.3) is 0 Å². The van der Waals surface area contributed by atoms with Crippen LogP contribution < -0.4 is 14.8 Å². The first kappa shape index (κ1) is 26.7. The van der Waals surface area contributed by atoms with E-state index in [1.807, 2.05) is 25.3 Å². The third-order valence-corrected chi connectivity index (χ3v) is 6.01. The van der Waals surface area contributed by atoms with Crippen molar-refractivity contribution in [3.8, 4) is 11.5 Å². The fourth-order valence-corrected chi connectivity index (χ4v) is 4.28. The van der Waals surface area contributed by atoms with Crippen molar-refractivity contribution in [1.29, 1.82) is 0 Å². The first-order chi connectivity index (χ1) is 16.5. The lowest BCUT2D eigenvalue weighted by atomic mass is 10.1. The van der Waals surface area contributed by atoms with E-state index in [9.17, 15) is 18.0 Å². The Morgan fingerprint density at radius 2 is 1.77 bits per heavy atom. The maximum absolute atomic E-state index is 13.3. The highest BCUT2D eigenvalue weighted by molar-refractivity contribution is 7.99. The van der Waals surface area contributed by atoms with Gasteiger partial charge in [0, 0.05) is 11.1 Å². The fourth-order valence-electron chi connectivity index (χ4n) is 3.24. The Labute approximate surface area is 210 Å². The summed E-state index contributed by atoms with van der Waals surface area (Å²) in [6.45, 7) is 5.69. The number of aromatic nitrogens is 3. The van der Waals surface area contributed by atoms with Gasteiger partial charge < -0.3 is 19.4 Å². The smallest absolute Gasteiger partial charge is 0.418 e. The van der Waals surface area contributed by atoms with Gasteiger partial charge in [0.15, 0.2) is 17.1 Å². The van der Waals surface area contributed by atoms with Crippen LogP contribution >= 0.6 is 23.4 Å². The zero-order valence-corrected chi connectivity index (χ0v) is 21.0. The average molecular weight is 529 g/mol. The van der Waals surface area contributed by atoms with Crippen molar-refractivity contribution in [3.05, 3.63) is 58.9 Å². The molecule has 2 aromatic carbocycles. The monoisotopic (exact) mass is 528 g/mol. The number of thioether (sulfide) groups is 1. The van der Waals surface area contributed by atoms with E-state index in [-0.39, 0.29) is 22.5 Å². The number of nitrogens with one attached hydrogen (secondary N) is 1. The molecule has 0 radical (unpaired) electrons. The van der Waals surface area contributed by atoms with Gasteiger partial charge in [-0.1, -0.05) is 23.4 Å². The first-order valence-corrected chi connectivity index (χ1v) is 11.9. The number of nitrogens with zero attached hydrogens (tertiary/aromatic N) is 3. The van der Waals surface area contributed by atoms with Crippen LogP contribution in [0.5, 0.6) is 11.5 Å². The molecule has 1 heterocycles. The van der Waals surface area contributed by atoms with E-state index in [1.54, 1.807) is 31.4 Å². The molecule has 0 fully saturated rings. The number of anilines is 1. The molecule has 12 heteroatoms. The number of ether oxygens (including phenoxy) is 2. The van der Waals surface area contributed by atoms with Crippen molar-refractivity contribution < 1.29 is 27.4 Å². The number of rotatable bonds is 9. The molecule has 0 saturated heterocycles. The van der Waals surface area contributed by atoms with Crippen LogP contribution in [0.2, 0.25) is 5.02 Å². The van der Waals surface area contributed by atoms with E-state index in [4.69, 9.17) is 21.1 Å². The van der Waals surface area contributed by atoms with Crippen LogP contribution in [0.1, 0.15) is 44.3 Å². The van der Waals surface area contributed by atoms with Crippen molar-refractivity contribution in [2.45, 2.75) is 44.2 Å². The lowest BCUT2D eigenvalue weighted by molar-refractivity contribution is -0.137. The quantitative estimate of drug-likeness (QED) is 0.323. The Morgan fingerprint density at radius 3 is 2.37 bits per heavy atom. The van der Waals surface area contributed by atoms with E-state index in [2.05, 4.69) is 15.5 Å². The van der Waals surface area contributed by atoms with Crippen LogP contribution in [0, 0.1) is 0 Å². The summed E-state index contributed by atoms with van der Waals surface area (Å²) in [5, 5.41) is 11.1. The Balaban J connectivity index is 1.70. The van der Waals surface area contributed by atoms with Crippen LogP contribution in [-0.2, 0) is 11.0 Å². The molecule has 1 amide bonds. The molecule has 7 nitrogen and oxygen atoms in total. The Kier molecular flexibility index (Phi) is 8.55. The number of amides is 1. The highest BCUT2D eigenvalue weighted by Gasteiger charge is 2.34. The molecular weight excluding hydrogens is 505 g/mol. The molecule has 3 aromatic rings. The number of carbonyl (C=O) groups is 1. The van der Waals surface area contributed by atoms with Crippen molar-refractivity contribution in [2.24, 2.45) is 0 Å². The van der Waals surface area contributed by atoms with Crippen LogP contribution in [0.25, 0.3) is 0 Å². The van der Waals surface area contributed by atoms with Gasteiger partial charge in [-0.25, -0.2) is 0 Å². The molecule has 35 heavy (non-hydrogen) atoms. The molecule has 1 aromatic heterocycles. The fraction of sp³-hybridized carbons (Fsp3) is 0.348. The average Bonchev–Trinajstić information content (AvgIpc) is 3.23. The lowest BCUT2D eigenvalue weighted by Crippen LogP contribution is -2.19. The van der Waals surface area contributed by atoms with Crippen LogP contribution in [-0.4, -0.2) is 33.5 Å². The van der Waals surface area contributed by atoms with Crippen LogP contribution in [0.3, 0.4) is 0 Å². The summed E-state index contributed by atoms with van der Waals surface area (Å²) in [5.41, 5.74) is -1.37. The second kappa shape index (κ2) is 11.2. The second-order valence-electron chi connectivity index (χ2n) is 7.76. The minimum absolute atomic E-state index is 0.0550. The van der Waals surface area contributed by atoms with E-state index in [0.29, 0.717) is 22.5 Å². The number of hydrogen-bond donors (Lipinski definition) is 1. The molecule has 0 saturated carbocycles. The highest BCUT2D eigenvalue weighted by atomic mass is 35.5. The third-order valence-electron chi connectivity index (χ3n) is 4.84. The predicted molar refractivity (Wildman–Crippen MR) is 128 cm³/mol. The minimum atomic E-state index is -4.66. The Bertz CT molecular complexity index is 1170. The topological polar surface area (TPSA) is 78.3 Å². The number of benzene rings is 2. The largest absolute Gasteiger partial charge is 0.497 e. The van der Waals surface area contributed by atoms with Gasteiger partial charge in [0.05, 0.1) is 24.1 Å². The van der Waals surface area contributed by atoms with Crippen LogP contribution in [0.15, 0.2) is 47.6 Å². The normalized spacial score (nSPS) is 12.5. The number of hydrogen-bond acceptors (Lipinski definition) is 6. The second-order valence-corrected chi connectivity index (χ2v) is 9.14. The summed E-state index contributed by atoms with van der Waals surface area (Å²) in [7, 11) is 1.58. The van der Waals surface area contributed by atoms with Gasteiger partial charge in [-0.05, 0) is 63.2 Å². The van der Waals surface area contributed by atoms with Gasteiger partial charge in [0.1, 0.15) is 11.5 Å². The summed E-state index contributed by atoms with van der Waals surface area (Å²) in [5.74, 6) is 1.08. The van der Waals surface area contributed by atoms with Gasteiger partial charge in [-0.2, -0.15) is 13.2 Å². The molecule has 1 unspecified atom stereocenters. The summed E-state index contributed by atoms with van der Waals surface area (Å²) >= 11 is 6.76. The first-order valence-electron chi connectivity index (χ1n) is 10.5. The summed E-state index contributed by atoms with van der Waals surface area (Å²) in [6, 6.07) is 10.2. The Hall–Kier alpha value is -2.92. The third kappa shape index (κ3) is 6.82. The summed E-state index contributed by atoms with van der Waals surface area (Å²) in [6.07, 6.45) is -5.11. The summed E-state index contributed by atoms with van der Waals surface area (Å²) < 4.78 is 52.8. The molecular formula is C23H24ClF3N4O3S. The lowest BCUT2D eigenvalue weighted by Gasteiger charge is -2.19. The molecule has 3 rings (SSSR count). The maximum Gasteiger partial charge on any atom is 0.418 e. The minimum Gasteiger partial charge on any atom is -0.497 e. The zero-order valence-electron chi connectivity index (χ0n) is 19.4. The van der Waals surface area contributed by atoms with Crippen molar-refractivity contribution >= 4 is 35.0 Å². The molecule has 0 aliphatic carbocycles. The summed E-state index contributed by atoms with van der Waals surface area (Å²) in [4.78, 5) is 12.4. The van der Waals surface area contributed by atoms with Gasteiger partial charge in [-0.3, -0.25) is 4.79 Å². The SMILES string of the molecule is COc1ccc(OC(C)c2nnc(SCC(=O)Nc3ccc(Cl)cc3C(F)(F)F)n2C(C)C)cc1. The van der Waals surface area contributed by atoms with Crippen molar-refractivity contribution in [2.75, 3.05) is 18.2 Å². The van der Waals surface area contributed by atoms with Crippen LogP contribution in [0.4, 0.5) is 18.9 Å². The molecule has 0 bridgehead atoms. The molecule has 0 spiro atoms. The van der Waals surface area contributed by atoms with E-state index < -0.39 is 23.8 Å². The predicted octanol–water partition coefficient (Wildman–Crippen LogP) is 6.41. The number of alkyl halides is 3. The number of carbonyl (C=O) groups excluding carboxylic acids is 1. The van der Waals surface area contributed by atoms with Crippen molar-refractivity contribution in [1.82, 2.24) is 14.8 Å². The van der Waals surface area contributed by atoms with E-state index >= 15 is 0 Å². The standard InChI is InChI=1S/C23H24ClF3N4O3S/c1-13(2)31-21(14(3)34-17-8-6-16(33-4)7-9-17)29-30-22(31)35-12-20(32)28-19-10-5-15(24)11-18(19)23(25,26)27/h5-11,13-14H,12H2,1-4H3,(H,28,32). The van der Waals surface area contributed by atoms with E-state index in [1.165, 1.54) is 6.07 Å². The number of methoxy groups -OCH3 is 1. The molecule has 1 atom stereocenters. The molecule has 188 valence electrons. The molecule has 0 aliphatic heterocycles. The van der Waals surface area contributed by atoms with Crippen molar-refractivity contribution in [3.63, 3.8) is 0 Å².